The first kappa shape index (κ1) is 18.4. The van der Waals surface area contributed by atoms with E-state index in [1.165, 1.54) is 6.07 Å². The summed E-state index contributed by atoms with van der Waals surface area (Å²) < 4.78 is 13.9. The Morgan fingerprint density at radius 2 is 2.19 bits per heavy atom. The molecule has 1 saturated heterocycles. The SMILES string of the molecule is CNC(=O)CCN1CCCC(NC(=O)c2cc3c(F)ccc(C)c3[nH]2)C1. The average Bonchev–Trinajstić information content (AvgIpc) is 3.10. The minimum absolute atomic E-state index is 0.0200. The van der Waals surface area contributed by atoms with E-state index in [1.807, 2.05) is 6.92 Å². The lowest BCUT2D eigenvalue weighted by Gasteiger charge is -2.32. The number of aromatic nitrogens is 1. The number of hydrogen-bond acceptors (Lipinski definition) is 3. The Hall–Kier alpha value is -2.41. The van der Waals surface area contributed by atoms with Crippen LogP contribution in [0.25, 0.3) is 10.9 Å². The highest BCUT2D eigenvalue weighted by atomic mass is 19.1. The van der Waals surface area contributed by atoms with E-state index in [1.54, 1.807) is 19.2 Å². The smallest absolute Gasteiger partial charge is 0.267 e. The number of nitrogens with zero attached hydrogens (tertiary/aromatic N) is 1. The van der Waals surface area contributed by atoms with Crippen LogP contribution in [0.2, 0.25) is 0 Å². The lowest BCUT2D eigenvalue weighted by atomic mass is 10.1. The summed E-state index contributed by atoms with van der Waals surface area (Å²) in [6.45, 7) is 4.21. The van der Waals surface area contributed by atoms with Gasteiger partial charge in [-0.15, -0.1) is 0 Å². The van der Waals surface area contributed by atoms with E-state index in [2.05, 4.69) is 20.5 Å². The van der Waals surface area contributed by atoms with Gasteiger partial charge in [0, 0.05) is 38.0 Å². The second kappa shape index (κ2) is 7.86. The van der Waals surface area contributed by atoms with Crippen LogP contribution in [-0.4, -0.2) is 54.4 Å². The minimum atomic E-state index is -0.334. The molecule has 1 aromatic carbocycles. The molecule has 3 rings (SSSR count). The monoisotopic (exact) mass is 360 g/mol. The molecular formula is C19H25FN4O2. The fourth-order valence-corrected chi connectivity index (χ4v) is 3.47. The lowest BCUT2D eigenvalue weighted by Crippen LogP contribution is -2.48. The molecule has 140 valence electrons. The van der Waals surface area contributed by atoms with Crippen LogP contribution in [0, 0.1) is 12.7 Å². The molecule has 0 saturated carbocycles. The van der Waals surface area contributed by atoms with Crippen LogP contribution < -0.4 is 10.6 Å². The number of rotatable bonds is 5. The second-order valence-corrected chi connectivity index (χ2v) is 6.87. The molecular weight excluding hydrogens is 335 g/mol. The van der Waals surface area contributed by atoms with Crippen molar-refractivity contribution in [3.63, 3.8) is 0 Å². The zero-order valence-corrected chi connectivity index (χ0v) is 15.2. The minimum Gasteiger partial charge on any atom is -0.359 e. The number of fused-ring (bicyclic) bond motifs is 1. The molecule has 0 aliphatic carbocycles. The third kappa shape index (κ3) is 4.04. The van der Waals surface area contributed by atoms with Crippen molar-refractivity contribution in [2.75, 3.05) is 26.7 Å². The first-order chi connectivity index (χ1) is 12.5. The van der Waals surface area contributed by atoms with E-state index in [0.717, 1.165) is 31.5 Å². The summed E-state index contributed by atoms with van der Waals surface area (Å²) in [7, 11) is 1.63. The molecule has 1 aliphatic heterocycles. The highest BCUT2D eigenvalue weighted by molar-refractivity contribution is 5.99. The zero-order valence-electron chi connectivity index (χ0n) is 15.2. The molecule has 0 spiro atoms. The van der Waals surface area contributed by atoms with Crippen molar-refractivity contribution in [3.05, 3.63) is 35.3 Å². The Kier molecular flexibility index (Phi) is 5.56. The van der Waals surface area contributed by atoms with E-state index in [4.69, 9.17) is 0 Å². The molecule has 6 nitrogen and oxygen atoms in total. The number of hydrogen-bond donors (Lipinski definition) is 3. The third-order valence-corrected chi connectivity index (χ3v) is 4.97. The summed E-state index contributed by atoms with van der Waals surface area (Å²) in [6.07, 6.45) is 2.33. The summed E-state index contributed by atoms with van der Waals surface area (Å²) in [6, 6.07) is 4.71. The molecule has 1 atom stereocenters. The zero-order chi connectivity index (χ0) is 18.7. The molecule has 2 amide bonds. The topological polar surface area (TPSA) is 77.2 Å². The van der Waals surface area contributed by atoms with E-state index in [-0.39, 0.29) is 23.7 Å². The van der Waals surface area contributed by atoms with Crippen molar-refractivity contribution in [2.45, 2.75) is 32.2 Å². The maximum atomic E-state index is 13.9. The molecule has 0 bridgehead atoms. The van der Waals surface area contributed by atoms with Gasteiger partial charge in [0.2, 0.25) is 5.91 Å². The average molecular weight is 360 g/mol. The first-order valence-electron chi connectivity index (χ1n) is 8.99. The predicted molar refractivity (Wildman–Crippen MR) is 98.6 cm³/mol. The summed E-state index contributed by atoms with van der Waals surface area (Å²) in [5.74, 6) is -0.538. The summed E-state index contributed by atoms with van der Waals surface area (Å²) >= 11 is 0. The number of H-pyrrole nitrogens is 1. The molecule has 2 heterocycles. The molecule has 2 aromatic rings. The van der Waals surface area contributed by atoms with Crippen LogP contribution in [-0.2, 0) is 4.79 Å². The van der Waals surface area contributed by atoms with Crippen molar-refractivity contribution in [1.29, 1.82) is 0 Å². The number of likely N-dealkylation sites (tertiary alicyclic amines) is 1. The lowest BCUT2D eigenvalue weighted by molar-refractivity contribution is -0.121. The Morgan fingerprint density at radius 3 is 2.92 bits per heavy atom. The summed E-state index contributed by atoms with van der Waals surface area (Å²) in [4.78, 5) is 29.2. The third-order valence-electron chi connectivity index (χ3n) is 4.97. The van der Waals surface area contributed by atoms with Gasteiger partial charge in [-0.1, -0.05) is 6.07 Å². The fraction of sp³-hybridized carbons (Fsp3) is 0.474. The normalized spacial score (nSPS) is 18.0. The van der Waals surface area contributed by atoms with Crippen molar-refractivity contribution >= 4 is 22.7 Å². The molecule has 1 fully saturated rings. The number of amides is 2. The molecule has 0 radical (unpaired) electrons. The number of benzene rings is 1. The maximum absolute atomic E-state index is 13.9. The molecule has 1 aliphatic rings. The highest BCUT2D eigenvalue weighted by Gasteiger charge is 2.23. The number of carbonyl (C=O) groups excluding carboxylic acids is 2. The number of aryl methyl sites for hydroxylation is 1. The molecule has 1 unspecified atom stereocenters. The number of carbonyl (C=O) groups is 2. The molecule has 1 aromatic heterocycles. The largest absolute Gasteiger partial charge is 0.359 e. The van der Waals surface area contributed by atoms with Gasteiger partial charge in [0.25, 0.3) is 5.91 Å². The van der Waals surface area contributed by atoms with Gasteiger partial charge in [0.15, 0.2) is 0 Å². The number of nitrogens with one attached hydrogen (secondary N) is 3. The van der Waals surface area contributed by atoms with Crippen LogP contribution in [0.4, 0.5) is 4.39 Å². The molecule has 26 heavy (non-hydrogen) atoms. The Bertz CT molecular complexity index is 778. The Labute approximate surface area is 152 Å². The van der Waals surface area contributed by atoms with E-state index in [0.29, 0.717) is 29.6 Å². The second-order valence-electron chi connectivity index (χ2n) is 6.87. The van der Waals surface area contributed by atoms with E-state index in [9.17, 15) is 14.0 Å². The van der Waals surface area contributed by atoms with Gasteiger partial charge in [0.1, 0.15) is 11.5 Å². The van der Waals surface area contributed by atoms with Crippen LogP contribution in [0.5, 0.6) is 0 Å². The van der Waals surface area contributed by atoms with Crippen molar-refractivity contribution in [2.24, 2.45) is 0 Å². The van der Waals surface area contributed by atoms with E-state index < -0.39 is 0 Å². The van der Waals surface area contributed by atoms with Crippen LogP contribution >= 0.6 is 0 Å². The van der Waals surface area contributed by atoms with Crippen LogP contribution in [0.1, 0.15) is 35.3 Å². The molecule has 7 heteroatoms. The van der Waals surface area contributed by atoms with Crippen LogP contribution in [0.3, 0.4) is 0 Å². The van der Waals surface area contributed by atoms with Crippen LogP contribution in [0.15, 0.2) is 18.2 Å². The number of halogens is 1. The Balaban J connectivity index is 1.63. The Morgan fingerprint density at radius 1 is 1.38 bits per heavy atom. The number of aromatic amines is 1. The van der Waals surface area contributed by atoms with Crippen molar-refractivity contribution in [1.82, 2.24) is 20.5 Å². The summed E-state index contributed by atoms with van der Waals surface area (Å²) in [5, 5.41) is 6.09. The maximum Gasteiger partial charge on any atom is 0.267 e. The van der Waals surface area contributed by atoms with Gasteiger partial charge < -0.3 is 20.5 Å². The summed E-state index contributed by atoms with van der Waals surface area (Å²) in [5.41, 5.74) is 1.93. The quantitative estimate of drug-likeness (QED) is 0.763. The van der Waals surface area contributed by atoms with Gasteiger partial charge in [-0.2, -0.15) is 0 Å². The van der Waals surface area contributed by atoms with Gasteiger partial charge in [-0.25, -0.2) is 4.39 Å². The van der Waals surface area contributed by atoms with Crippen molar-refractivity contribution in [3.8, 4) is 0 Å². The standard InChI is InChI=1S/C19H25FN4O2/c1-12-5-6-15(20)14-10-16(23-18(12)14)19(26)22-13-4-3-8-24(11-13)9-7-17(25)21-2/h5-6,10,13,23H,3-4,7-9,11H2,1-2H3,(H,21,25)(H,22,26). The fourth-order valence-electron chi connectivity index (χ4n) is 3.47. The van der Waals surface area contributed by atoms with E-state index >= 15 is 0 Å². The van der Waals surface area contributed by atoms with Gasteiger partial charge >= 0.3 is 0 Å². The highest BCUT2D eigenvalue weighted by Crippen LogP contribution is 2.22. The predicted octanol–water partition coefficient (Wildman–Crippen LogP) is 1.95. The van der Waals surface area contributed by atoms with Gasteiger partial charge in [-0.3, -0.25) is 9.59 Å². The number of piperidine rings is 1. The first-order valence-corrected chi connectivity index (χ1v) is 8.99. The van der Waals surface area contributed by atoms with Gasteiger partial charge in [0.05, 0.1) is 5.52 Å². The molecule has 3 N–H and O–H groups in total. The van der Waals surface area contributed by atoms with Crippen molar-refractivity contribution < 1.29 is 14.0 Å². The van der Waals surface area contributed by atoms with Gasteiger partial charge in [-0.05, 0) is 44.0 Å².